The molecule has 28 heavy (non-hydrogen) atoms. The number of para-hydroxylation sites is 2. The van der Waals surface area contributed by atoms with Crippen molar-refractivity contribution in [3.63, 3.8) is 0 Å². The van der Waals surface area contributed by atoms with Gasteiger partial charge in [0.1, 0.15) is 12.4 Å². The van der Waals surface area contributed by atoms with Crippen LogP contribution in [0.2, 0.25) is 0 Å². The summed E-state index contributed by atoms with van der Waals surface area (Å²) in [7, 11) is 0. The Hall–Kier alpha value is -3.15. The second kappa shape index (κ2) is 9.17. The van der Waals surface area contributed by atoms with Crippen LogP contribution < -0.4 is 10.6 Å². The molecule has 0 aliphatic heterocycles. The number of fused-ring (bicyclic) bond motifs is 1. The first kappa shape index (κ1) is 19.6. The van der Waals surface area contributed by atoms with Crippen molar-refractivity contribution in [2.24, 2.45) is 0 Å². The Morgan fingerprint density at radius 3 is 2.54 bits per heavy atom. The van der Waals surface area contributed by atoms with Crippen LogP contribution >= 0.6 is 0 Å². The maximum atomic E-state index is 12.4. The maximum Gasteiger partial charge on any atom is 0.251 e. The number of hydrogen-bond acceptors (Lipinski definition) is 3. The molecule has 0 saturated carbocycles. The molecule has 2 N–H and O–H groups in total. The highest BCUT2D eigenvalue weighted by molar-refractivity contribution is 5.94. The lowest BCUT2D eigenvalue weighted by Gasteiger charge is -2.11. The molecule has 2 amide bonds. The Labute approximate surface area is 165 Å². The summed E-state index contributed by atoms with van der Waals surface area (Å²) in [5, 5.41) is 5.84. The molecule has 6 nitrogen and oxygen atoms in total. The molecule has 3 aromatic rings. The average molecular weight is 378 g/mol. The van der Waals surface area contributed by atoms with E-state index in [0.717, 1.165) is 29.4 Å². The van der Waals surface area contributed by atoms with Gasteiger partial charge in [-0.05, 0) is 37.6 Å². The third kappa shape index (κ3) is 4.76. The van der Waals surface area contributed by atoms with Crippen LogP contribution in [0.3, 0.4) is 0 Å². The molecule has 146 valence electrons. The Kier molecular flexibility index (Phi) is 6.42. The highest BCUT2D eigenvalue weighted by atomic mass is 16.2. The summed E-state index contributed by atoms with van der Waals surface area (Å²) in [6.07, 6.45) is 1.99. The van der Waals surface area contributed by atoms with Crippen LogP contribution in [0.4, 0.5) is 0 Å². The van der Waals surface area contributed by atoms with Gasteiger partial charge in [-0.25, -0.2) is 4.98 Å². The SMILES string of the molecule is CCCCNC(=O)Cn1c(CNC(=O)c2ccc(C)cc2)nc2ccccc21. The molecular weight excluding hydrogens is 352 g/mol. The van der Waals surface area contributed by atoms with Gasteiger partial charge >= 0.3 is 0 Å². The van der Waals surface area contributed by atoms with Gasteiger partial charge < -0.3 is 15.2 Å². The quantitative estimate of drug-likeness (QED) is 0.591. The molecule has 6 heteroatoms. The third-order valence-corrected chi connectivity index (χ3v) is 4.61. The second-order valence-electron chi connectivity index (χ2n) is 6.86. The first-order valence-corrected chi connectivity index (χ1v) is 9.64. The first-order valence-electron chi connectivity index (χ1n) is 9.64. The summed E-state index contributed by atoms with van der Waals surface area (Å²) < 4.78 is 1.87. The van der Waals surface area contributed by atoms with Crippen LogP contribution in [0, 0.1) is 6.92 Å². The lowest BCUT2D eigenvalue weighted by atomic mass is 10.1. The summed E-state index contributed by atoms with van der Waals surface area (Å²) in [6, 6.07) is 15.1. The molecule has 0 unspecified atom stereocenters. The van der Waals surface area contributed by atoms with Crippen LogP contribution in [-0.2, 0) is 17.9 Å². The minimum absolute atomic E-state index is 0.0530. The van der Waals surface area contributed by atoms with E-state index in [-0.39, 0.29) is 24.9 Å². The number of amides is 2. The molecule has 1 heterocycles. The van der Waals surface area contributed by atoms with Crippen LogP contribution in [0.25, 0.3) is 11.0 Å². The zero-order chi connectivity index (χ0) is 19.9. The number of nitrogens with zero attached hydrogens (tertiary/aromatic N) is 2. The molecule has 0 aliphatic carbocycles. The highest BCUT2D eigenvalue weighted by Gasteiger charge is 2.14. The number of unbranched alkanes of at least 4 members (excludes halogenated alkanes) is 1. The van der Waals surface area contributed by atoms with Gasteiger partial charge in [0.2, 0.25) is 5.91 Å². The summed E-state index contributed by atoms with van der Waals surface area (Å²) in [5.74, 6) is 0.445. The molecular formula is C22H26N4O2. The van der Waals surface area contributed by atoms with Gasteiger partial charge in [-0.1, -0.05) is 43.2 Å². The molecule has 0 atom stereocenters. The number of aromatic nitrogens is 2. The number of benzene rings is 2. The van der Waals surface area contributed by atoms with Crippen LogP contribution in [0.1, 0.15) is 41.5 Å². The van der Waals surface area contributed by atoms with Gasteiger partial charge in [-0.15, -0.1) is 0 Å². The van der Waals surface area contributed by atoms with E-state index in [1.807, 2.05) is 47.9 Å². The predicted molar refractivity (Wildman–Crippen MR) is 110 cm³/mol. The third-order valence-electron chi connectivity index (χ3n) is 4.61. The van der Waals surface area contributed by atoms with E-state index >= 15 is 0 Å². The molecule has 0 saturated heterocycles. The van der Waals surface area contributed by atoms with Gasteiger partial charge in [-0.3, -0.25) is 9.59 Å². The van der Waals surface area contributed by atoms with Crippen molar-refractivity contribution in [1.29, 1.82) is 0 Å². The van der Waals surface area contributed by atoms with Crippen molar-refractivity contribution in [1.82, 2.24) is 20.2 Å². The standard InChI is InChI=1S/C22H26N4O2/c1-3-4-13-23-21(27)15-26-19-8-6-5-7-18(19)25-20(26)14-24-22(28)17-11-9-16(2)10-12-17/h5-12H,3-4,13-15H2,1-2H3,(H,23,27)(H,24,28). The fraction of sp³-hybridized carbons (Fsp3) is 0.318. The summed E-state index contributed by atoms with van der Waals surface area (Å²) >= 11 is 0. The zero-order valence-corrected chi connectivity index (χ0v) is 16.4. The molecule has 0 bridgehead atoms. The van der Waals surface area contributed by atoms with E-state index in [2.05, 4.69) is 22.5 Å². The van der Waals surface area contributed by atoms with Crippen LogP contribution in [-0.4, -0.2) is 27.9 Å². The average Bonchev–Trinajstić information content (AvgIpc) is 3.04. The smallest absolute Gasteiger partial charge is 0.251 e. The zero-order valence-electron chi connectivity index (χ0n) is 16.4. The Morgan fingerprint density at radius 2 is 1.79 bits per heavy atom. The van der Waals surface area contributed by atoms with Crippen molar-refractivity contribution in [2.75, 3.05) is 6.54 Å². The lowest BCUT2D eigenvalue weighted by Crippen LogP contribution is -2.30. The fourth-order valence-electron chi connectivity index (χ4n) is 3.01. The number of hydrogen-bond donors (Lipinski definition) is 2. The highest BCUT2D eigenvalue weighted by Crippen LogP contribution is 2.16. The molecule has 0 aliphatic rings. The van der Waals surface area contributed by atoms with Crippen molar-refractivity contribution in [2.45, 2.75) is 39.8 Å². The first-order chi connectivity index (χ1) is 13.6. The summed E-state index contributed by atoms with van der Waals surface area (Å²) in [4.78, 5) is 29.4. The monoisotopic (exact) mass is 378 g/mol. The Balaban J connectivity index is 1.75. The predicted octanol–water partition coefficient (Wildman–Crippen LogP) is 3.19. The molecule has 2 aromatic carbocycles. The van der Waals surface area contributed by atoms with Crippen molar-refractivity contribution in [3.8, 4) is 0 Å². The maximum absolute atomic E-state index is 12.4. The van der Waals surface area contributed by atoms with E-state index in [4.69, 9.17) is 0 Å². The Bertz CT molecular complexity index is 960. The molecule has 0 radical (unpaired) electrons. The Morgan fingerprint density at radius 1 is 1.04 bits per heavy atom. The van der Waals surface area contributed by atoms with E-state index < -0.39 is 0 Å². The second-order valence-corrected chi connectivity index (χ2v) is 6.86. The van der Waals surface area contributed by atoms with Crippen LogP contribution in [0.5, 0.6) is 0 Å². The topological polar surface area (TPSA) is 76.0 Å². The van der Waals surface area contributed by atoms with E-state index in [9.17, 15) is 9.59 Å². The minimum Gasteiger partial charge on any atom is -0.355 e. The van der Waals surface area contributed by atoms with Gasteiger partial charge in [0.05, 0.1) is 17.6 Å². The van der Waals surface area contributed by atoms with Gasteiger partial charge in [-0.2, -0.15) is 0 Å². The van der Waals surface area contributed by atoms with Crippen molar-refractivity contribution in [3.05, 3.63) is 65.5 Å². The van der Waals surface area contributed by atoms with Crippen LogP contribution in [0.15, 0.2) is 48.5 Å². The summed E-state index contributed by atoms with van der Waals surface area (Å²) in [5.41, 5.74) is 3.40. The molecule has 0 spiro atoms. The normalized spacial score (nSPS) is 10.8. The number of carbonyl (C=O) groups is 2. The van der Waals surface area contributed by atoms with Crippen molar-refractivity contribution < 1.29 is 9.59 Å². The largest absolute Gasteiger partial charge is 0.355 e. The van der Waals surface area contributed by atoms with Gasteiger partial charge in [0.25, 0.3) is 5.91 Å². The number of aryl methyl sites for hydroxylation is 1. The molecule has 3 rings (SSSR count). The molecule has 0 fully saturated rings. The fourth-order valence-corrected chi connectivity index (χ4v) is 3.01. The van der Waals surface area contributed by atoms with E-state index in [0.29, 0.717) is 17.9 Å². The number of nitrogens with one attached hydrogen (secondary N) is 2. The summed E-state index contributed by atoms with van der Waals surface area (Å²) in [6.45, 7) is 5.17. The number of imidazole rings is 1. The number of rotatable bonds is 8. The van der Waals surface area contributed by atoms with E-state index in [1.165, 1.54) is 0 Å². The van der Waals surface area contributed by atoms with E-state index in [1.54, 1.807) is 12.1 Å². The number of carbonyl (C=O) groups excluding carboxylic acids is 2. The lowest BCUT2D eigenvalue weighted by molar-refractivity contribution is -0.121. The minimum atomic E-state index is -0.161. The van der Waals surface area contributed by atoms with Gasteiger partial charge in [0.15, 0.2) is 0 Å². The van der Waals surface area contributed by atoms with Crippen molar-refractivity contribution >= 4 is 22.8 Å². The molecule has 1 aromatic heterocycles. The van der Waals surface area contributed by atoms with Gasteiger partial charge in [0, 0.05) is 12.1 Å².